The van der Waals surface area contributed by atoms with Crippen LogP contribution in [0.2, 0.25) is 0 Å². The van der Waals surface area contributed by atoms with E-state index in [0.29, 0.717) is 6.54 Å². The zero-order valence-corrected chi connectivity index (χ0v) is 7.96. The van der Waals surface area contributed by atoms with Crippen molar-refractivity contribution in [3.63, 3.8) is 0 Å². The standard InChI is InChI=1S/C10H11ClN2/c11-13-7-8(5-6-12)9-3-1-2-4-10(9)13/h1-4,7H,5-6,12H2. The van der Waals surface area contributed by atoms with Gasteiger partial charge in [0, 0.05) is 23.4 Å². The van der Waals surface area contributed by atoms with Crippen molar-refractivity contribution >= 4 is 22.7 Å². The highest BCUT2D eigenvalue weighted by Gasteiger charge is 2.04. The molecule has 0 aliphatic heterocycles. The largest absolute Gasteiger partial charge is 0.330 e. The molecule has 3 heteroatoms. The number of hydrogen-bond acceptors (Lipinski definition) is 1. The van der Waals surface area contributed by atoms with Gasteiger partial charge in [-0.1, -0.05) is 18.2 Å². The van der Waals surface area contributed by atoms with Gasteiger partial charge in [0.05, 0.1) is 5.52 Å². The van der Waals surface area contributed by atoms with Gasteiger partial charge in [-0.25, -0.2) is 0 Å². The molecule has 13 heavy (non-hydrogen) atoms. The summed E-state index contributed by atoms with van der Waals surface area (Å²) in [5.74, 6) is 0. The molecule has 0 amide bonds. The minimum atomic E-state index is 0.658. The Labute approximate surface area is 82.0 Å². The van der Waals surface area contributed by atoms with Crippen molar-refractivity contribution < 1.29 is 0 Å². The number of para-hydroxylation sites is 1. The van der Waals surface area contributed by atoms with Gasteiger partial charge >= 0.3 is 0 Å². The second-order valence-corrected chi connectivity index (χ2v) is 3.39. The molecule has 1 heterocycles. The summed E-state index contributed by atoms with van der Waals surface area (Å²) in [4.78, 5) is 0. The Morgan fingerprint density at radius 1 is 1.31 bits per heavy atom. The van der Waals surface area contributed by atoms with Crippen LogP contribution in [-0.2, 0) is 6.42 Å². The molecule has 0 aliphatic carbocycles. The van der Waals surface area contributed by atoms with Gasteiger partial charge in [0.2, 0.25) is 0 Å². The van der Waals surface area contributed by atoms with Gasteiger partial charge in [0.15, 0.2) is 0 Å². The quantitative estimate of drug-likeness (QED) is 0.781. The fraction of sp³-hybridized carbons (Fsp3) is 0.200. The average Bonchev–Trinajstić information content (AvgIpc) is 2.46. The van der Waals surface area contributed by atoms with Crippen LogP contribution < -0.4 is 5.73 Å². The SMILES string of the molecule is NCCc1cn(Cl)c2ccccc12. The molecule has 68 valence electrons. The summed E-state index contributed by atoms with van der Waals surface area (Å²) in [5.41, 5.74) is 7.77. The monoisotopic (exact) mass is 194 g/mol. The zero-order valence-electron chi connectivity index (χ0n) is 7.20. The van der Waals surface area contributed by atoms with E-state index in [1.807, 2.05) is 24.4 Å². The summed E-state index contributed by atoms with van der Waals surface area (Å²) >= 11 is 5.99. The molecule has 2 rings (SSSR count). The van der Waals surface area contributed by atoms with E-state index < -0.39 is 0 Å². The Morgan fingerprint density at radius 2 is 2.08 bits per heavy atom. The Bertz CT molecular complexity index is 420. The minimum absolute atomic E-state index is 0.658. The summed E-state index contributed by atoms with van der Waals surface area (Å²) in [7, 11) is 0. The molecule has 0 bridgehead atoms. The predicted octanol–water partition coefficient (Wildman–Crippen LogP) is 2.14. The normalized spacial score (nSPS) is 10.9. The second-order valence-electron chi connectivity index (χ2n) is 3.02. The molecule has 0 unspecified atom stereocenters. The summed E-state index contributed by atoms with van der Waals surface area (Å²) in [5, 5.41) is 1.20. The molecule has 0 fully saturated rings. The molecular weight excluding hydrogens is 184 g/mol. The van der Waals surface area contributed by atoms with E-state index in [0.717, 1.165) is 11.9 Å². The molecular formula is C10H11ClN2. The van der Waals surface area contributed by atoms with Gasteiger partial charge in [-0.2, -0.15) is 0 Å². The van der Waals surface area contributed by atoms with Crippen LogP contribution >= 0.6 is 11.8 Å². The Morgan fingerprint density at radius 3 is 2.85 bits per heavy atom. The predicted molar refractivity (Wildman–Crippen MR) is 55.9 cm³/mol. The number of aromatic nitrogens is 1. The van der Waals surface area contributed by atoms with Crippen molar-refractivity contribution in [2.24, 2.45) is 5.73 Å². The maximum atomic E-state index is 5.99. The first-order chi connectivity index (χ1) is 6.33. The highest BCUT2D eigenvalue weighted by atomic mass is 35.5. The summed E-state index contributed by atoms with van der Waals surface area (Å²) in [6.45, 7) is 0.658. The van der Waals surface area contributed by atoms with Gasteiger partial charge in [-0.05, 0) is 24.6 Å². The van der Waals surface area contributed by atoms with Crippen LogP contribution in [0.4, 0.5) is 0 Å². The average molecular weight is 195 g/mol. The first-order valence-corrected chi connectivity index (χ1v) is 4.62. The fourth-order valence-electron chi connectivity index (χ4n) is 1.56. The zero-order chi connectivity index (χ0) is 9.26. The molecule has 0 saturated carbocycles. The van der Waals surface area contributed by atoms with E-state index >= 15 is 0 Å². The van der Waals surface area contributed by atoms with E-state index in [-0.39, 0.29) is 0 Å². The summed E-state index contributed by atoms with van der Waals surface area (Å²) < 4.78 is 1.63. The lowest BCUT2D eigenvalue weighted by Crippen LogP contribution is -2.01. The number of fused-ring (bicyclic) bond motifs is 1. The van der Waals surface area contributed by atoms with Gasteiger partial charge < -0.3 is 5.73 Å². The lowest BCUT2D eigenvalue weighted by Gasteiger charge is -1.93. The van der Waals surface area contributed by atoms with Crippen LogP contribution in [0, 0.1) is 0 Å². The smallest absolute Gasteiger partial charge is 0.0650 e. The van der Waals surface area contributed by atoms with Gasteiger partial charge in [0.1, 0.15) is 0 Å². The molecule has 2 aromatic rings. The van der Waals surface area contributed by atoms with Gasteiger partial charge in [-0.3, -0.25) is 4.09 Å². The van der Waals surface area contributed by atoms with E-state index in [4.69, 9.17) is 17.5 Å². The molecule has 0 saturated heterocycles. The molecule has 1 aromatic carbocycles. The Hall–Kier alpha value is -0.990. The first-order valence-electron chi connectivity index (χ1n) is 4.28. The number of halogens is 1. The molecule has 2 nitrogen and oxygen atoms in total. The third kappa shape index (κ3) is 1.43. The molecule has 0 radical (unpaired) electrons. The minimum Gasteiger partial charge on any atom is -0.330 e. The van der Waals surface area contributed by atoms with Crippen molar-refractivity contribution in [2.45, 2.75) is 6.42 Å². The van der Waals surface area contributed by atoms with Crippen molar-refractivity contribution in [1.29, 1.82) is 0 Å². The highest BCUT2D eigenvalue weighted by Crippen LogP contribution is 2.22. The van der Waals surface area contributed by atoms with Crippen LogP contribution in [0.1, 0.15) is 5.56 Å². The van der Waals surface area contributed by atoms with E-state index in [9.17, 15) is 0 Å². The highest BCUT2D eigenvalue weighted by molar-refractivity contribution is 6.19. The lowest BCUT2D eigenvalue weighted by molar-refractivity contribution is 0.974. The Balaban J connectivity index is 2.63. The van der Waals surface area contributed by atoms with Crippen LogP contribution in [0.5, 0.6) is 0 Å². The molecule has 1 aromatic heterocycles. The fourth-order valence-corrected chi connectivity index (χ4v) is 1.83. The maximum Gasteiger partial charge on any atom is 0.0650 e. The number of nitrogens with zero attached hydrogens (tertiary/aromatic N) is 1. The van der Waals surface area contributed by atoms with Crippen LogP contribution in [0.3, 0.4) is 0 Å². The van der Waals surface area contributed by atoms with Crippen molar-refractivity contribution in [2.75, 3.05) is 6.54 Å². The van der Waals surface area contributed by atoms with E-state index in [1.54, 1.807) is 4.09 Å². The Kier molecular flexibility index (Phi) is 2.25. The van der Waals surface area contributed by atoms with Crippen LogP contribution in [0.25, 0.3) is 10.9 Å². The van der Waals surface area contributed by atoms with Gasteiger partial charge in [-0.15, -0.1) is 0 Å². The molecule has 2 N–H and O–H groups in total. The topological polar surface area (TPSA) is 30.9 Å². The maximum absolute atomic E-state index is 5.99. The first kappa shape index (κ1) is 8.60. The molecule has 0 spiro atoms. The molecule has 0 aliphatic rings. The van der Waals surface area contributed by atoms with Crippen molar-refractivity contribution in [3.05, 3.63) is 36.0 Å². The summed E-state index contributed by atoms with van der Waals surface area (Å²) in [6, 6.07) is 8.06. The third-order valence-electron chi connectivity index (χ3n) is 2.16. The van der Waals surface area contributed by atoms with Crippen molar-refractivity contribution in [1.82, 2.24) is 4.09 Å². The number of nitrogens with two attached hydrogens (primary N) is 1. The van der Waals surface area contributed by atoms with E-state index in [2.05, 4.69) is 6.07 Å². The number of hydrogen-bond donors (Lipinski definition) is 1. The van der Waals surface area contributed by atoms with Crippen molar-refractivity contribution in [3.8, 4) is 0 Å². The van der Waals surface area contributed by atoms with Crippen LogP contribution in [-0.4, -0.2) is 10.6 Å². The third-order valence-corrected chi connectivity index (χ3v) is 2.44. The summed E-state index contributed by atoms with van der Waals surface area (Å²) in [6.07, 6.45) is 2.80. The second kappa shape index (κ2) is 3.40. The molecule has 0 atom stereocenters. The van der Waals surface area contributed by atoms with E-state index in [1.165, 1.54) is 10.9 Å². The lowest BCUT2D eigenvalue weighted by atomic mass is 10.1. The van der Waals surface area contributed by atoms with Crippen LogP contribution in [0.15, 0.2) is 30.5 Å². The number of benzene rings is 1. The number of rotatable bonds is 2. The van der Waals surface area contributed by atoms with Gasteiger partial charge in [0.25, 0.3) is 0 Å².